The Bertz CT molecular complexity index is 774. The lowest BCUT2D eigenvalue weighted by atomic mass is 10.0. The highest BCUT2D eigenvalue weighted by Crippen LogP contribution is 2.40. The Morgan fingerprint density at radius 3 is 2.96 bits per heavy atom. The minimum absolute atomic E-state index is 0.119. The highest BCUT2D eigenvalue weighted by atomic mass is 35.5. The van der Waals surface area contributed by atoms with Crippen molar-refractivity contribution in [2.75, 3.05) is 13.4 Å². The van der Waals surface area contributed by atoms with Gasteiger partial charge < -0.3 is 18.9 Å². The van der Waals surface area contributed by atoms with Crippen molar-refractivity contribution in [1.29, 1.82) is 0 Å². The summed E-state index contributed by atoms with van der Waals surface area (Å²) in [5.41, 5.74) is 1.61. The summed E-state index contributed by atoms with van der Waals surface area (Å²) in [7, 11) is 0. The van der Waals surface area contributed by atoms with Crippen LogP contribution in [0.4, 0.5) is 0 Å². The number of hydrogen-bond donors (Lipinski definition) is 0. The summed E-state index contributed by atoms with van der Waals surface area (Å²) >= 11 is 6.12. The molecule has 0 amide bonds. The Balaban J connectivity index is 1.46. The minimum Gasteiger partial charge on any atom is -0.492 e. The topological polar surface area (TPSA) is 54.0 Å². The van der Waals surface area contributed by atoms with Gasteiger partial charge in [-0.1, -0.05) is 29.8 Å². The Morgan fingerprint density at radius 1 is 1.17 bits per heavy atom. The average Bonchev–Trinajstić information content (AvgIpc) is 3.19. The van der Waals surface area contributed by atoms with Crippen LogP contribution in [0.5, 0.6) is 17.2 Å². The van der Waals surface area contributed by atoms with Crippen LogP contribution in [0.25, 0.3) is 0 Å². The number of carbonyl (C=O) groups is 1. The van der Waals surface area contributed by atoms with E-state index in [0.717, 1.165) is 16.9 Å². The number of para-hydroxylation sites is 1. The third-order valence-corrected chi connectivity index (χ3v) is 4.13. The number of carbonyl (C=O) groups excluding carboxylic acids is 1. The average molecular weight is 333 g/mol. The number of ether oxygens (including phenoxy) is 4. The number of esters is 1. The summed E-state index contributed by atoms with van der Waals surface area (Å²) in [6.45, 7) is 0.572. The van der Waals surface area contributed by atoms with Crippen molar-refractivity contribution in [3.63, 3.8) is 0 Å². The SMILES string of the molecule is O=C(OCc1cc(Cl)c2c(c1)OCO2)C1COc2ccccc21. The van der Waals surface area contributed by atoms with Gasteiger partial charge in [-0.15, -0.1) is 0 Å². The molecule has 0 N–H and O–H groups in total. The predicted octanol–water partition coefficient (Wildman–Crippen LogP) is 3.29. The van der Waals surface area contributed by atoms with Crippen molar-refractivity contribution in [3.05, 3.63) is 52.5 Å². The molecular weight excluding hydrogens is 320 g/mol. The van der Waals surface area contributed by atoms with Crippen molar-refractivity contribution in [1.82, 2.24) is 0 Å². The minimum atomic E-state index is -0.393. The molecule has 2 aromatic rings. The molecule has 4 rings (SSSR count). The molecule has 1 unspecified atom stereocenters. The van der Waals surface area contributed by atoms with Crippen molar-refractivity contribution in [2.24, 2.45) is 0 Å². The van der Waals surface area contributed by atoms with E-state index in [1.54, 1.807) is 12.1 Å². The lowest BCUT2D eigenvalue weighted by Crippen LogP contribution is -2.17. The van der Waals surface area contributed by atoms with Gasteiger partial charge in [-0.25, -0.2) is 0 Å². The third-order valence-electron chi connectivity index (χ3n) is 3.85. The van der Waals surface area contributed by atoms with Crippen LogP contribution in [-0.4, -0.2) is 19.4 Å². The second-order valence-corrected chi connectivity index (χ2v) is 5.73. The van der Waals surface area contributed by atoms with Gasteiger partial charge in [0.2, 0.25) is 6.79 Å². The van der Waals surface area contributed by atoms with Crippen molar-refractivity contribution in [3.8, 4) is 17.2 Å². The van der Waals surface area contributed by atoms with Crippen molar-refractivity contribution < 1.29 is 23.7 Å². The van der Waals surface area contributed by atoms with Gasteiger partial charge in [0, 0.05) is 5.56 Å². The van der Waals surface area contributed by atoms with Gasteiger partial charge in [-0.2, -0.15) is 0 Å². The van der Waals surface area contributed by atoms with E-state index in [4.69, 9.17) is 30.5 Å². The molecular formula is C17H13ClO5. The lowest BCUT2D eigenvalue weighted by molar-refractivity contribution is -0.147. The zero-order valence-electron chi connectivity index (χ0n) is 12.1. The molecule has 2 aliphatic rings. The van der Waals surface area contributed by atoms with E-state index in [-0.39, 0.29) is 19.4 Å². The molecule has 118 valence electrons. The van der Waals surface area contributed by atoms with Crippen LogP contribution in [0.15, 0.2) is 36.4 Å². The zero-order chi connectivity index (χ0) is 15.8. The van der Waals surface area contributed by atoms with Gasteiger partial charge in [-0.3, -0.25) is 4.79 Å². The maximum Gasteiger partial charge on any atom is 0.317 e. The molecule has 0 aromatic heterocycles. The normalized spacial score (nSPS) is 17.5. The maximum atomic E-state index is 12.3. The quantitative estimate of drug-likeness (QED) is 0.807. The monoisotopic (exact) mass is 332 g/mol. The van der Waals surface area contributed by atoms with Crippen molar-refractivity contribution in [2.45, 2.75) is 12.5 Å². The van der Waals surface area contributed by atoms with E-state index < -0.39 is 5.92 Å². The standard InChI is InChI=1S/C17H13ClO5/c18-13-5-10(6-15-16(13)23-9-22-15)7-21-17(19)12-8-20-14-4-2-1-3-11(12)14/h1-6,12H,7-9H2. The van der Waals surface area contributed by atoms with Gasteiger partial charge in [0.05, 0.1) is 5.02 Å². The first-order chi connectivity index (χ1) is 11.2. The Kier molecular flexibility index (Phi) is 3.50. The second-order valence-electron chi connectivity index (χ2n) is 5.32. The molecule has 0 fully saturated rings. The summed E-state index contributed by atoms with van der Waals surface area (Å²) in [5, 5.41) is 0.445. The van der Waals surface area contributed by atoms with E-state index in [2.05, 4.69) is 0 Å². The number of halogens is 1. The summed E-state index contributed by atoms with van der Waals surface area (Å²) in [6, 6.07) is 11.0. The largest absolute Gasteiger partial charge is 0.492 e. The summed E-state index contributed by atoms with van der Waals surface area (Å²) in [6.07, 6.45) is 0. The van der Waals surface area contributed by atoms with Gasteiger partial charge in [-0.05, 0) is 23.8 Å². The van der Waals surface area contributed by atoms with E-state index in [0.29, 0.717) is 23.1 Å². The summed E-state index contributed by atoms with van der Waals surface area (Å²) in [5.74, 6) is 1.12. The summed E-state index contributed by atoms with van der Waals surface area (Å²) in [4.78, 5) is 12.3. The summed E-state index contributed by atoms with van der Waals surface area (Å²) < 4.78 is 21.5. The Morgan fingerprint density at radius 2 is 2.04 bits per heavy atom. The molecule has 5 nitrogen and oxygen atoms in total. The molecule has 0 saturated heterocycles. The van der Waals surface area contributed by atoms with Crippen LogP contribution in [0.3, 0.4) is 0 Å². The molecule has 2 aliphatic heterocycles. The molecule has 0 aliphatic carbocycles. The molecule has 6 heteroatoms. The molecule has 2 aromatic carbocycles. The van der Waals surface area contributed by atoms with Crippen LogP contribution < -0.4 is 14.2 Å². The number of rotatable bonds is 3. The fourth-order valence-corrected chi connectivity index (χ4v) is 3.00. The van der Waals surface area contributed by atoms with Gasteiger partial charge >= 0.3 is 5.97 Å². The van der Waals surface area contributed by atoms with Gasteiger partial charge in [0.25, 0.3) is 0 Å². The third kappa shape index (κ3) is 2.57. The molecule has 0 saturated carbocycles. The second kappa shape index (κ2) is 5.66. The fraction of sp³-hybridized carbons (Fsp3) is 0.235. The maximum absolute atomic E-state index is 12.3. The van der Waals surface area contributed by atoms with Crippen LogP contribution >= 0.6 is 11.6 Å². The number of fused-ring (bicyclic) bond motifs is 2. The highest BCUT2D eigenvalue weighted by molar-refractivity contribution is 6.32. The first kappa shape index (κ1) is 14.2. The van der Waals surface area contributed by atoms with E-state index in [1.165, 1.54) is 0 Å². The van der Waals surface area contributed by atoms with Crippen LogP contribution in [0.2, 0.25) is 5.02 Å². The van der Waals surface area contributed by atoms with E-state index >= 15 is 0 Å². The van der Waals surface area contributed by atoms with E-state index in [9.17, 15) is 4.79 Å². The van der Waals surface area contributed by atoms with Crippen LogP contribution in [0.1, 0.15) is 17.0 Å². The zero-order valence-corrected chi connectivity index (χ0v) is 12.8. The first-order valence-electron chi connectivity index (χ1n) is 7.19. The molecule has 23 heavy (non-hydrogen) atoms. The molecule has 1 atom stereocenters. The molecule has 2 heterocycles. The van der Waals surface area contributed by atoms with Gasteiger partial charge in [0.15, 0.2) is 11.5 Å². The van der Waals surface area contributed by atoms with Crippen LogP contribution in [0, 0.1) is 0 Å². The molecule has 0 radical (unpaired) electrons. The number of benzene rings is 2. The molecule has 0 bridgehead atoms. The number of hydrogen-bond acceptors (Lipinski definition) is 5. The predicted molar refractivity (Wildman–Crippen MR) is 82.0 cm³/mol. The Labute approximate surface area is 137 Å². The first-order valence-corrected chi connectivity index (χ1v) is 7.56. The van der Waals surface area contributed by atoms with Crippen molar-refractivity contribution >= 4 is 17.6 Å². The highest BCUT2D eigenvalue weighted by Gasteiger charge is 2.31. The molecule has 0 spiro atoms. The van der Waals surface area contributed by atoms with Gasteiger partial charge in [0.1, 0.15) is 24.9 Å². The fourth-order valence-electron chi connectivity index (χ4n) is 2.72. The smallest absolute Gasteiger partial charge is 0.317 e. The lowest BCUT2D eigenvalue weighted by Gasteiger charge is -2.10. The van der Waals surface area contributed by atoms with Crippen LogP contribution in [-0.2, 0) is 16.1 Å². The Hall–Kier alpha value is -2.40. The van der Waals surface area contributed by atoms with E-state index in [1.807, 2.05) is 24.3 Å².